The molecule has 0 radical (unpaired) electrons. The maximum atomic E-state index is 4.19. The lowest BCUT2D eigenvalue weighted by molar-refractivity contribution is 0.225. The Kier molecular flexibility index (Phi) is 4.99. The average molecular weight is 252 g/mol. The zero-order valence-electron chi connectivity index (χ0n) is 11.0. The monoisotopic (exact) mass is 252 g/mol. The van der Waals surface area contributed by atoms with E-state index in [-0.39, 0.29) is 0 Å². The zero-order valence-corrected chi connectivity index (χ0v) is 11.8. The van der Waals surface area contributed by atoms with Crippen molar-refractivity contribution in [3.63, 3.8) is 0 Å². The van der Waals surface area contributed by atoms with Gasteiger partial charge < -0.3 is 5.32 Å². The van der Waals surface area contributed by atoms with Crippen LogP contribution in [-0.4, -0.2) is 17.6 Å². The minimum atomic E-state index is 0.612. The maximum absolute atomic E-state index is 4.19. The van der Waals surface area contributed by atoms with Crippen LogP contribution in [0.4, 0.5) is 0 Å². The number of hydrogen-bond acceptors (Lipinski definition) is 3. The van der Waals surface area contributed by atoms with Crippen molar-refractivity contribution < 1.29 is 0 Å². The number of nitrogens with zero attached hydrogens (tertiary/aromatic N) is 1. The summed E-state index contributed by atoms with van der Waals surface area (Å²) in [6.07, 6.45) is 8.94. The number of hydrogen-bond donors (Lipinski definition) is 1. The summed E-state index contributed by atoms with van der Waals surface area (Å²) in [4.78, 5) is 5.65. The standard InChI is InChI=1S/C14H24N2S/c1-11(2)16-8-13-6-4-3-5-12(13)7-14-9-15-10-17-14/h9-13,16H,3-8H2,1-2H3. The van der Waals surface area contributed by atoms with E-state index in [1.54, 1.807) is 0 Å². The molecule has 3 heteroatoms. The van der Waals surface area contributed by atoms with Crippen molar-refractivity contribution in [1.82, 2.24) is 10.3 Å². The largest absolute Gasteiger partial charge is 0.314 e. The van der Waals surface area contributed by atoms with E-state index in [2.05, 4.69) is 24.1 Å². The van der Waals surface area contributed by atoms with Crippen LogP contribution in [-0.2, 0) is 6.42 Å². The number of thiazole rings is 1. The van der Waals surface area contributed by atoms with E-state index >= 15 is 0 Å². The first-order valence-corrected chi connectivity index (χ1v) is 7.74. The lowest BCUT2D eigenvalue weighted by atomic mass is 9.77. The molecular formula is C14H24N2S. The molecule has 17 heavy (non-hydrogen) atoms. The van der Waals surface area contributed by atoms with Gasteiger partial charge in [0.15, 0.2) is 0 Å². The Labute approximate surface area is 109 Å². The summed E-state index contributed by atoms with van der Waals surface area (Å²) in [5, 5.41) is 3.61. The molecule has 0 amide bonds. The van der Waals surface area contributed by atoms with Crippen LogP contribution < -0.4 is 5.32 Å². The van der Waals surface area contributed by atoms with Gasteiger partial charge >= 0.3 is 0 Å². The molecule has 2 rings (SSSR count). The molecule has 1 fully saturated rings. The van der Waals surface area contributed by atoms with Crippen molar-refractivity contribution in [2.24, 2.45) is 11.8 Å². The molecule has 1 aromatic heterocycles. The fourth-order valence-corrected chi connectivity index (χ4v) is 3.50. The average Bonchev–Trinajstić information content (AvgIpc) is 2.80. The second-order valence-corrected chi connectivity index (χ2v) is 6.51. The fourth-order valence-electron chi connectivity index (χ4n) is 2.81. The third-order valence-electron chi connectivity index (χ3n) is 3.80. The Morgan fingerprint density at radius 2 is 2.12 bits per heavy atom. The summed E-state index contributed by atoms with van der Waals surface area (Å²) >= 11 is 1.81. The Morgan fingerprint density at radius 3 is 2.76 bits per heavy atom. The van der Waals surface area contributed by atoms with Crippen molar-refractivity contribution in [2.45, 2.75) is 52.0 Å². The van der Waals surface area contributed by atoms with Crippen LogP contribution in [0.2, 0.25) is 0 Å². The predicted octanol–water partition coefficient (Wildman–Crippen LogP) is 3.49. The van der Waals surface area contributed by atoms with Gasteiger partial charge in [-0.25, -0.2) is 0 Å². The molecule has 2 nitrogen and oxygen atoms in total. The SMILES string of the molecule is CC(C)NCC1CCCCC1Cc1cncs1. The van der Waals surface area contributed by atoms with Crippen LogP contribution in [0, 0.1) is 11.8 Å². The van der Waals surface area contributed by atoms with Crippen molar-refractivity contribution in [2.75, 3.05) is 6.54 Å². The number of rotatable bonds is 5. The summed E-state index contributed by atoms with van der Waals surface area (Å²) in [7, 11) is 0. The Balaban J connectivity index is 1.87. The molecule has 1 N–H and O–H groups in total. The van der Waals surface area contributed by atoms with E-state index in [1.807, 2.05) is 23.0 Å². The smallest absolute Gasteiger partial charge is 0.0794 e. The molecule has 2 atom stereocenters. The second kappa shape index (κ2) is 6.50. The first-order chi connectivity index (χ1) is 8.25. The minimum absolute atomic E-state index is 0.612. The highest BCUT2D eigenvalue weighted by atomic mass is 32.1. The second-order valence-electron chi connectivity index (χ2n) is 5.54. The van der Waals surface area contributed by atoms with Crippen LogP contribution in [0.1, 0.15) is 44.4 Å². The first-order valence-electron chi connectivity index (χ1n) is 6.86. The fraction of sp³-hybridized carbons (Fsp3) is 0.786. The van der Waals surface area contributed by atoms with E-state index < -0.39 is 0 Å². The summed E-state index contributed by atoms with van der Waals surface area (Å²) in [5.74, 6) is 1.74. The molecule has 0 bridgehead atoms. The van der Waals surface area contributed by atoms with Gasteiger partial charge in [0.2, 0.25) is 0 Å². The molecule has 1 heterocycles. The lowest BCUT2D eigenvalue weighted by Crippen LogP contribution is -2.34. The van der Waals surface area contributed by atoms with Crippen LogP contribution in [0.15, 0.2) is 11.7 Å². The van der Waals surface area contributed by atoms with Gasteiger partial charge in [-0.2, -0.15) is 0 Å². The summed E-state index contributed by atoms with van der Waals surface area (Å²) in [6, 6.07) is 0.612. The van der Waals surface area contributed by atoms with Gasteiger partial charge in [0.1, 0.15) is 0 Å². The van der Waals surface area contributed by atoms with Crippen molar-refractivity contribution in [3.05, 3.63) is 16.6 Å². The quantitative estimate of drug-likeness (QED) is 0.867. The van der Waals surface area contributed by atoms with E-state index in [9.17, 15) is 0 Å². The van der Waals surface area contributed by atoms with Gasteiger partial charge in [0.05, 0.1) is 5.51 Å². The Bertz CT molecular complexity index is 308. The van der Waals surface area contributed by atoms with E-state index in [1.165, 1.54) is 43.5 Å². The summed E-state index contributed by atoms with van der Waals surface area (Å²) in [6.45, 7) is 5.67. The Morgan fingerprint density at radius 1 is 1.35 bits per heavy atom. The van der Waals surface area contributed by atoms with Crippen molar-refractivity contribution >= 4 is 11.3 Å². The maximum Gasteiger partial charge on any atom is 0.0794 e. The molecule has 0 aromatic carbocycles. The Hall–Kier alpha value is -0.410. The lowest BCUT2D eigenvalue weighted by Gasteiger charge is -2.32. The molecule has 1 aliphatic carbocycles. The van der Waals surface area contributed by atoms with E-state index in [0.717, 1.165) is 11.8 Å². The molecule has 1 saturated carbocycles. The van der Waals surface area contributed by atoms with Crippen molar-refractivity contribution in [3.8, 4) is 0 Å². The molecule has 0 aliphatic heterocycles. The molecule has 1 aliphatic rings. The van der Waals surface area contributed by atoms with Gasteiger partial charge in [-0.3, -0.25) is 4.98 Å². The van der Waals surface area contributed by atoms with E-state index in [4.69, 9.17) is 0 Å². The first kappa shape index (κ1) is 13.0. The van der Waals surface area contributed by atoms with Gasteiger partial charge in [-0.15, -0.1) is 11.3 Å². The van der Waals surface area contributed by atoms with Crippen LogP contribution in [0.25, 0.3) is 0 Å². The van der Waals surface area contributed by atoms with Gasteiger partial charge in [0, 0.05) is 17.1 Å². The number of nitrogens with one attached hydrogen (secondary N) is 1. The highest BCUT2D eigenvalue weighted by molar-refractivity contribution is 7.09. The minimum Gasteiger partial charge on any atom is -0.314 e. The summed E-state index contributed by atoms with van der Waals surface area (Å²) < 4.78 is 0. The van der Waals surface area contributed by atoms with Crippen molar-refractivity contribution in [1.29, 1.82) is 0 Å². The molecule has 1 aromatic rings. The van der Waals surface area contributed by atoms with E-state index in [0.29, 0.717) is 6.04 Å². The predicted molar refractivity (Wildman–Crippen MR) is 74.4 cm³/mol. The molecule has 0 saturated heterocycles. The highest BCUT2D eigenvalue weighted by Crippen LogP contribution is 2.32. The molecular weight excluding hydrogens is 228 g/mol. The third-order valence-corrected chi connectivity index (χ3v) is 4.60. The van der Waals surface area contributed by atoms with Crippen LogP contribution in [0.5, 0.6) is 0 Å². The van der Waals surface area contributed by atoms with Crippen LogP contribution >= 0.6 is 11.3 Å². The molecule has 2 unspecified atom stereocenters. The van der Waals surface area contributed by atoms with Gasteiger partial charge in [-0.1, -0.05) is 26.7 Å². The zero-order chi connectivity index (χ0) is 12.1. The van der Waals surface area contributed by atoms with Crippen LogP contribution in [0.3, 0.4) is 0 Å². The van der Waals surface area contributed by atoms with Gasteiger partial charge in [0.25, 0.3) is 0 Å². The summed E-state index contributed by atoms with van der Waals surface area (Å²) in [5.41, 5.74) is 1.96. The topological polar surface area (TPSA) is 24.9 Å². The number of aromatic nitrogens is 1. The van der Waals surface area contributed by atoms with Gasteiger partial charge in [-0.05, 0) is 37.6 Å². The normalized spacial score (nSPS) is 25.4. The molecule has 96 valence electrons. The highest BCUT2D eigenvalue weighted by Gasteiger charge is 2.25. The molecule has 0 spiro atoms. The third kappa shape index (κ3) is 4.07.